The first-order chi connectivity index (χ1) is 18.0. The van der Waals surface area contributed by atoms with Crippen molar-refractivity contribution in [3.05, 3.63) is 24.8 Å². The Morgan fingerprint density at radius 1 is 1.05 bits per heavy atom. The fourth-order valence-corrected chi connectivity index (χ4v) is 3.72. The largest absolute Gasteiger partial charge is 0.444 e. The highest BCUT2D eigenvalue weighted by Gasteiger charge is 2.43. The van der Waals surface area contributed by atoms with Crippen molar-refractivity contribution < 1.29 is 28.7 Å². The van der Waals surface area contributed by atoms with Gasteiger partial charge in [-0.2, -0.15) is 0 Å². The Bertz CT molecular complexity index is 885. The topological polar surface area (TPSA) is 134 Å². The summed E-state index contributed by atoms with van der Waals surface area (Å²) in [6.07, 6.45) is 6.49. The van der Waals surface area contributed by atoms with Gasteiger partial charge in [-0.05, 0) is 52.4 Å². The molecule has 10 nitrogen and oxygen atoms in total. The Kier molecular flexibility index (Phi) is 15.4. The highest BCUT2D eigenvalue weighted by molar-refractivity contribution is 6.38. The van der Waals surface area contributed by atoms with E-state index < -0.39 is 58.7 Å². The highest BCUT2D eigenvalue weighted by atomic mass is 16.6. The number of hydrogen-bond acceptors (Lipinski definition) is 6. The standard InChI is InChI=1S/C26H42N4O6.C3H8/c1-9-11-13-17(19(31)22(33)27-15-10-2)28-21(32)18-14-12-16-30(18)23(34)20(25(3,4)5)29-24(35)36-26(6,7)8;1-3-2/h9-11,17-18,20H,2,12-16H2,1,3-8H3,(H,27,33)(H,28,32)(H,29,35);3H2,1-2H3/b11-9+;/t17?,18-,20+;/m0./s1. The van der Waals surface area contributed by atoms with Crippen LogP contribution in [0.3, 0.4) is 0 Å². The molecular formula is C29H50N4O6. The van der Waals surface area contributed by atoms with Crippen molar-refractivity contribution >= 4 is 29.6 Å². The summed E-state index contributed by atoms with van der Waals surface area (Å²) in [4.78, 5) is 65.5. The van der Waals surface area contributed by atoms with E-state index in [2.05, 4.69) is 36.4 Å². The molecule has 222 valence electrons. The van der Waals surface area contributed by atoms with Gasteiger partial charge in [-0.25, -0.2) is 4.79 Å². The van der Waals surface area contributed by atoms with Crippen LogP contribution in [0, 0.1) is 5.41 Å². The zero-order valence-corrected chi connectivity index (χ0v) is 25.3. The van der Waals surface area contributed by atoms with Crippen LogP contribution in [0.4, 0.5) is 4.79 Å². The molecule has 0 aromatic heterocycles. The zero-order chi connectivity index (χ0) is 30.4. The summed E-state index contributed by atoms with van der Waals surface area (Å²) in [6, 6.07) is -2.85. The van der Waals surface area contributed by atoms with Crippen molar-refractivity contribution in [1.82, 2.24) is 20.9 Å². The van der Waals surface area contributed by atoms with Crippen molar-refractivity contribution in [1.29, 1.82) is 0 Å². The van der Waals surface area contributed by atoms with E-state index >= 15 is 0 Å². The number of carbonyl (C=O) groups excluding carboxylic acids is 5. The first kappa shape index (κ1) is 35.8. The van der Waals surface area contributed by atoms with Crippen molar-refractivity contribution in [3.8, 4) is 0 Å². The Morgan fingerprint density at radius 3 is 2.13 bits per heavy atom. The monoisotopic (exact) mass is 550 g/mol. The van der Waals surface area contributed by atoms with Crippen LogP contribution in [-0.2, 0) is 23.9 Å². The van der Waals surface area contributed by atoms with E-state index in [1.54, 1.807) is 39.8 Å². The number of ether oxygens (including phenoxy) is 1. The van der Waals surface area contributed by atoms with Crippen LogP contribution in [-0.4, -0.2) is 71.3 Å². The second-order valence-corrected chi connectivity index (χ2v) is 11.6. The number of rotatable bonds is 10. The van der Waals surface area contributed by atoms with Crippen molar-refractivity contribution in [2.24, 2.45) is 5.41 Å². The van der Waals surface area contributed by atoms with Gasteiger partial charge in [0.1, 0.15) is 23.7 Å². The normalized spacial score (nSPS) is 16.8. The summed E-state index contributed by atoms with van der Waals surface area (Å²) < 4.78 is 5.33. The van der Waals surface area contributed by atoms with Crippen LogP contribution >= 0.6 is 0 Å². The van der Waals surface area contributed by atoms with Crippen LogP contribution in [0.1, 0.15) is 88.0 Å². The molecule has 0 spiro atoms. The molecular weight excluding hydrogens is 500 g/mol. The van der Waals surface area contributed by atoms with Crippen LogP contribution in [0.2, 0.25) is 0 Å². The summed E-state index contributed by atoms with van der Waals surface area (Å²) in [6.45, 7) is 20.6. The van der Waals surface area contributed by atoms with E-state index in [-0.39, 0.29) is 13.0 Å². The number of likely N-dealkylation sites (tertiary alicyclic amines) is 1. The fourth-order valence-electron chi connectivity index (χ4n) is 3.72. The van der Waals surface area contributed by atoms with Gasteiger partial charge < -0.3 is 25.6 Å². The minimum Gasteiger partial charge on any atom is -0.444 e. The molecule has 0 radical (unpaired) electrons. The van der Waals surface area contributed by atoms with Crippen LogP contribution < -0.4 is 16.0 Å². The Balaban J connectivity index is 0.00000458. The maximum atomic E-state index is 13.6. The Hall–Kier alpha value is -3.17. The van der Waals surface area contributed by atoms with Crippen LogP contribution in [0.25, 0.3) is 0 Å². The van der Waals surface area contributed by atoms with Crippen molar-refractivity contribution in [3.63, 3.8) is 0 Å². The maximum absolute atomic E-state index is 13.6. The number of Topliss-reactive ketones (excluding diaryl/α,β-unsaturated/α-hetero) is 1. The molecule has 0 aromatic carbocycles. The average Bonchev–Trinajstić information content (AvgIpc) is 3.31. The minimum absolute atomic E-state index is 0.124. The quantitative estimate of drug-likeness (QED) is 0.281. The van der Waals surface area contributed by atoms with Gasteiger partial charge in [0, 0.05) is 13.1 Å². The molecule has 4 amide bonds. The molecule has 1 aliphatic rings. The Morgan fingerprint density at radius 2 is 1.64 bits per heavy atom. The number of carbonyl (C=O) groups is 5. The third kappa shape index (κ3) is 13.0. The van der Waals surface area contributed by atoms with Gasteiger partial charge >= 0.3 is 6.09 Å². The smallest absolute Gasteiger partial charge is 0.408 e. The summed E-state index contributed by atoms with van der Waals surface area (Å²) in [7, 11) is 0. The van der Waals surface area contributed by atoms with Crippen LogP contribution in [0.15, 0.2) is 24.8 Å². The molecule has 0 saturated carbocycles. The van der Waals surface area contributed by atoms with Crippen molar-refractivity contribution in [2.75, 3.05) is 13.1 Å². The summed E-state index contributed by atoms with van der Waals surface area (Å²) in [5.74, 6) is -2.53. The molecule has 0 aliphatic carbocycles. The fraction of sp³-hybridized carbons (Fsp3) is 0.690. The highest BCUT2D eigenvalue weighted by Crippen LogP contribution is 2.26. The van der Waals surface area contributed by atoms with E-state index in [1.165, 1.54) is 17.4 Å². The Labute approximate surface area is 234 Å². The molecule has 0 aromatic rings. The van der Waals surface area contributed by atoms with Crippen LogP contribution in [0.5, 0.6) is 0 Å². The van der Waals surface area contributed by atoms with E-state index in [0.717, 1.165) is 0 Å². The number of amides is 4. The van der Waals surface area contributed by atoms with E-state index in [0.29, 0.717) is 19.4 Å². The number of hydrogen-bond donors (Lipinski definition) is 3. The zero-order valence-electron chi connectivity index (χ0n) is 25.3. The number of nitrogens with zero attached hydrogens (tertiary/aromatic N) is 1. The molecule has 1 saturated heterocycles. The molecule has 1 rings (SSSR count). The van der Waals surface area contributed by atoms with E-state index in [9.17, 15) is 24.0 Å². The maximum Gasteiger partial charge on any atom is 0.408 e. The third-order valence-corrected chi connectivity index (χ3v) is 5.48. The lowest BCUT2D eigenvalue weighted by Gasteiger charge is -2.36. The third-order valence-electron chi connectivity index (χ3n) is 5.48. The summed E-state index contributed by atoms with van der Waals surface area (Å²) >= 11 is 0. The van der Waals surface area contributed by atoms with E-state index in [1.807, 2.05) is 20.8 Å². The van der Waals surface area contributed by atoms with Crippen molar-refractivity contribution in [2.45, 2.75) is 112 Å². The second-order valence-electron chi connectivity index (χ2n) is 11.6. The van der Waals surface area contributed by atoms with Gasteiger partial charge in [-0.15, -0.1) is 6.58 Å². The van der Waals surface area contributed by atoms with Gasteiger partial charge in [0.05, 0.1) is 0 Å². The molecule has 1 fully saturated rings. The molecule has 1 aliphatic heterocycles. The van der Waals surface area contributed by atoms with Gasteiger partial charge in [0.15, 0.2) is 0 Å². The number of ketones is 1. The number of alkyl carbamates (subject to hydrolysis) is 1. The van der Waals surface area contributed by atoms with Gasteiger partial charge in [0.25, 0.3) is 5.91 Å². The predicted molar refractivity (Wildman–Crippen MR) is 153 cm³/mol. The molecule has 0 bridgehead atoms. The first-order valence-corrected chi connectivity index (χ1v) is 13.7. The lowest BCUT2D eigenvalue weighted by molar-refractivity contribution is -0.143. The SMILES string of the molecule is C=CCNC(=O)C(=O)C(C/C=C/C)NC(=O)[C@@H]1CCCN1C(=O)[C@@H](NC(=O)OC(C)(C)C)C(C)(C)C.CCC. The molecule has 3 N–H and O–H groups in total. The second kappa shape index (κ2) is 16.7. The molecule has 3 atom stereocenters. The molecule has 39 heavy (non-hydrogen) atoms. The number of allylic oxidation sites excluding steroid dienone is 1. The minimum atomic E-state index is -1.07. The molecule has 1 unspecified atom stereocenters. The lowest BCUT2D eigenvalue weighted by Crippen LogP contribution is -2.59. The lowest BCUT2D eigenvalue weighted by atomic mass is 9.85. The number of nitrogens with one attached hydrogen (secondary N) is 3. The van der Waals surface area contributed by atoms with Gasteiger partial charge in [0.2, 0.25) is 17.6 Å². The molecule has 10 heteroatoms. The summed E-state index contributed by atoms with van der Waals surface area (Å²) in [5, 5.41) is 7.74. The van der Waals surface area contributed by atoms with E-state index in [4.69, 9.17) is 4.74 Å². The average molecular weight is 551 g/mol. The predicted octanol–water partition coefficient (Wildman–Crippen LogP) is 3.66. The van der Waals surface area contributed by atoms with Gasteiger partial charge in [-0.1, -0.05) is 59.3 Å². The molecule has 1 heterocycles. The first-order valence-electron chi connectivity index (χ1n) is 13.7. The summed E-state index contributed by atoms with van der Waals surface area (Å²) in [5.41, 5.74) is -1.40. The van der Waals surface area contributed by atoms with Gasteiger partial charge in [-0.3, -0.25) is 19.2 Å².